The number of fused-ring (bicyclic) bond motifs is 1. The number of ether oxygens (including phenoxy) is 1. The van der Waals surface area contributed by atoms with Crippen molar-refractivity contribution in [1.82, 2.24) is 0 Å². The minimum atomic E-state index is 0.0856. The van der Waals surface area contributed by atoms with Gasteiger partial charge in [0, 0.05) is 5.39 Å². The van der Waals surface area contributed by atoms with E-state index in [0.717, 1.165) is 17.6 Å². The number of benzene rings is 2. The number of alkyl halides is 1. The van der Waals surface area contributed by atoms with Gasteiger partial charge in [0.1, 0.15) is 5.75 Å². The maximum absolute atomic E-state index is 6.65. The fourth-order valence-electron chi connectivity index (χ4n) is 2.83. The molecule has 0 aliphatic heterocycles. The Balaban J connectivity index is 2.10. The number of hydrogen-bond acceptors (Lipinski definition) is 1. The first-order valence-electron chi connectivity index (χ1n) is 7.97. The normalized spacial score (nSPS) is 12.5. The van der Waals surface area contributed by atoms with E-state index in [4.69, 9.17) is 16.3 Å². The Morgan fingerprint density at radius 2 is 1.67 bits per heavy atom. The van der Waals surface area contributed by atoms with Crippen molar-refractivity contribution in [2.75, 3.05) is 7.11 Å². The fourth-order valence-corrected chi connectivity index (χ4v) is 3.17. The molecule has 0 N–H and O–H groups in total. The van der Waals surface area contributed by atoms with E-state index < -0.39 is 0 Å². The lowest BCUT2D eigenvalue weighted by Gasteiger charge is -2.15. The Labute approximate surface area is 133 Å². The van der Waals surface area contributed by atoms with Gasteiger partial charge in [-0.1, -0.05) is 69.4 Å². The van der Waals surface area contributed by atoms with Gasteiger partial charge in [0.15, 0.2) is 0 Å². The molecule has 114 valence electrons. The van der Waals surface area contributed by atoms with Gasteiger partial charge in [-0.15, -0.1) is 11.6 Å². The molecule has 0 fully saturated rings. The van der Waals surface area contributed by atoms with E-state index in [-0.39, 0.29) is 5.38 Å². The molecule has 0 saturated heterocycles. The Morgan fingerprint density at radius 3 is 2.38 bits per heavy atom. The van der Waals surface area contributed by atoms with E-state index in [2.05, 4.69) is 31.2 Å². The van der Waals surface area contributed by atoms with Crippen molar-refractivity contribution >= 4 is 22.4 Å². The van der Waals surface area contributed by atoms with Crippen molar-refractivity contribution in [3.05, 3.63) is 42.0 Å². The van der Waals surface area contributed by atoms with Gasteiger partial charge >= 0.3 is 0 Å². The molecule has 1 unspecified atom stereocenters. The third kappa shape index (κ3) is 4.14. The minimum absolute atomic E-state index is 0.0856. The van der Waals surface area contributed by atoms with E-state index in [0.29, 0.717) is 0 Å². The Morgan fingerprint density at radius 1 is 0.952 bits per heavy atom. The summed E-state index contributed by atoms with van der Waals surface area (Å²) in [7, 11) is 1.72. The van der Waals surface area contributed by atoms with Gasteiger partial charge < -0.3 is 4.74 Å². The van der Waals surface area contributed by atoms with Crippen LogP contribution in [0.2, 0.25) is 0 Å². The van der Waals surface area contributed by atoms with Crippen LogP contribution in [-0.2, 0) is 0 Å². The van der Waals surface area contributed by atoms with Gasteiger partial charge in [-0.05, 0) is 23.4 Å². The van der Waals surface area contributed by atoms with E-state index in [9.17, 15) is 0 Å². The second-order valence-corrected chi connectivity index (χ2v) is 6.10. The molecule has 0 saturated carbocycles. The second kappa shape index (κ2) is 8.29. The van der Waals surface area contributed by atoms with Crippen molar-refractivity contribution < 1.29 is 4.74 Å². The lowest BCUT2D eigenvalue weighted by atomic mass is 9.98. The molecule has 2 heteroatoms. The van der Waals surface area contributed by atoms with E-state index in [1.54, 1.807) is 7.11 Å². The van der Waals surface area contributed by atoms with Crippen molar-refractivity contribution in [1.29, 1.82) is 0 Å². The lowest BCUT2D eigenvalue weighted by Crippen LogP contribution is -1.95. The summed E-state index contributed by atoms with van der Waals surface area (Å²) in [5.74, 6) is 0.918. The second-order valence-electron chi connectivity index (χ2n) is 5.57. The molecule has 0 amide bonds. The van der Waals surface area contributed by atoms with E-state index >= 15 is 0 Å². The predicted molar refractivity (Wildman–Crippen MR) is 92.5 cm³/mol. The highest BCUT2D eigenvalue weighted by Gasteiger charge is 2.13. The van der Waals surface area contributed by atoms with Gasteiger partial charge in [-0.25, -0.2) is 0 Å². The summed E-state index contributed by atoms with van der Waals surface area (Å²) in [6.45, 7) is 2.24. The summed E-state index contributed by atoms with van der Waals surface area (Å²) in [6, 6.07) is 12.5. The Bertz CT molecular complexity index is 564. The summed E-state index contributed by atoms with van der Waals surface area (Å²) in [6.07, 6.45) is 7.47. The maximum atomic E-state index is 6.65. The number of methoxy groups -OCH3 is 1. The first kappa shape index (κ1) is 16.2. The van der Waals surface area contributed by atoms with Crippen LogP contribution in [0.5, 0.6) is 5.75 Å². The number of unbranched alkanes of at least 4 members (excludes halogenated alkanes) is 4. The molecule has 0 heterocycles. The van der Waals surface area contributed by atoms with Gasteiger partial charge in [-0.3, -0.25) is 0 Å². The number of rotatable bonds is 8. The van der Waals surface area contributed by atoms with Crippen LogP contribution in [0.25, 0.3) is 10.8 Å². The van der Waals surface area contributed by atoms with Gasteiger partial charge in [0.25, 0.3) is 0 Å². The SMILES string of the molecule is CCCCCCCC(Cl)c1ccc(OC)c2ccccc12. The number of hydrogen-bond donors (Lipinski definition) is 0. The van der Waals surface area contributed by atoms with E-state index in [1.165, 1.54) is 43.1 Å². The number of halogens is 1. The summed E-state index contributed by atoms with van der Waals surface area (Å²) < 4.78 is 5.44. The predicted octanol–water partition coefficient (Wildman–Crippen LogP) is 6.49. The molecule has 0 aliphatic rings. The van der Waals surface area contributed by atoms with Gasteiger partial charge in [0.2, 0.25) is 0 Å². The van der Waals surface area contributed by atoms with Crippen molar-refractivity contribution in [3.8, 4) is 5.75 Å². The largest absolute Gasteiger partial charge is 0.496 e. The van der Waals surface area contributed by atoms with Crippen LogP contribution in [0.4, 0.5) is 0 Å². The summed E-state index contributed by atoms with van der Waals surface area (Å²) in [5.41, 5.74) is 1.23. The van der Waals surface area contributed by atoms with Crippen molar-refractivity contribution in [2.24, 2.45) is 0 Å². The molecule has 0 spiro atoms. The smallest absolute Gasteiger partial charge is 0.126 e. The van der Waals surface area contributed by atoms with Crippen LogP contribution in [0.3, 0.4) is 0 Å². The molecule has 2 aromatic rings. The van der Waals surface area contributed by atoms with Crippen LogP contribution < -0.4 is 4.74 Å². The third-order valence-corrected chi connectivity index (χ3v) is 4.49. The Kier molecular flexibility index (Phi) is 6.38. The average molecular weight is 305 g/mol. The molecule has 1 atom stereocenters. The zero-order chi connectivity index (χ0) is 15.1. The monoisotopic (exact) mass is 304 g/mol. The van der Waals surface area contributed by atoms with Crippen LogP contribution in [0.15, 0.2) is 36.4 Å². The highest BCUT2D eigenvalue weighted by molar-refractivity contribution is 6.21. The first-order chi connectivity index (χ1) is 10.3. The van der Waals surface area contributed by atoms with Crippen LogP contribution >= 0.6 is 11.6 Å². The molecule has 0 aliphatic carbocycles. The van der Waals surface area contributed by atoms with Crippen molar-refractivity contribution in [3.63, 3.8) is 0 Å². The van der Waals surface area contributed by atoms with Gasteiger partial charge in [0.05, 0.1) is 12.5 Å². The molecule has 1 nitrogen and oxygen atoms in total. The molecule has 0 bridgehead atoms. The molecule has 0 radical (unpaired) electrons. The molecule has 21 heavy (non-hydrogen) atoms. The quantitative estimate of drug-likeness (QED) is 0.400. The standard InChI is InChI=1S/C19H25ClO/c1-3-4-5-6-7-12-18(20)16-13-14-19(21-2)17-11-9-8-10-15(16)17/h8-11,13-14,18H,3-7,12H2,1-2H3. The average Bonchev–Trinajstić information content (AvgIpc) is 2.53. The minimum Gasteiger partial charge on any atom is -0.496 e. The highest BCUT2D eigenvalue weighted by atomic mass is 35.5. The molecule has 0 aromatic heterocycles. The Hall–Kier alpha value is -1.21. The van der Waals surface area contributed by atoms with Crippen LogP contribution in [-0.4, -0.2) is 7.11 Å². The molecule has 2 rings (SSSR count). The fraction of sp³-hybridized carbons (Fsp3) is 0.474. The topological polar surface area (TPSA) is 9.23 Å². The highest BCUT2D eigenvalue weighted by Crippen LogP contribution is 2.36. The molecular formula is C19H25ClO. The van der Waals surface area contributed by atoms with Crippen LogP contribution in [0.1, 0.15) is 56.4 Å². The zero-order valence-electron chi connectivity index (χ0n) is 13.1. The third-order valence-electron chi connectivity index (χ3n) is 4.04. The first-order valence-corrected chi connectivity index (χ1v) is 8.41. The zero-order valence-corrected chi connectivity index (χ0v) is 13.8. The van der Waals surface area contributed by atoms with Gasteiger partial charge in [-0.2, -0.15) is 0 Å². The summed E-state index contributed by atoms with van der Waals surface area (Å²) in [4.78, 5) is 0. The van der Waals surface area contributed by atoms with Crippen molar-refractivity contribution in [2.45, 2.75) is 50.8 Å². The summed E-state index contributed by atoms with van der Waals surface area (Å²) >= 11 is 6.65. The van der Waals surface area contributed by atoms with Crippen LogP contribution in [0, 0.1) is 0 Å². The van der Waals surface area contributed by atoms with E-state index in [1.807, 2.05) is 12.1 Å². The lowest BCUT2D eigenvalue weighted by molar-refractivity contribution is 0.419. The molecular weight excluding hydrogens is 280 g/mol. The maximum Gasteiger partial charge on any atom is 0.126 e. The summed E-state index contributed by atoms with van der Waals surface area (Å²) in [5, 5.41) is 2.45. The molecule has 2 aromatic carbocycles.